The van der Waals surface area contributed by atoms with Gasteiger partial charge in [0.15, 0.2) is 0 Å². The number of aliphatic hydroxyl groups is 1. The van der Waals surface area contributed by atoms with Crippen LogP contribution in [0.15, 0.2) is 18.2 Å². The lowest BCUT2D eigenvalue weighted by Crippen LogP contribution is -2.32. The van der Waals surface area contributed by atoms with Gasteiger partial charge in [-0.3, -0.25) is 4.79 Å². The molecule has 1 aromatic carbocycles. The lowest BCUT2D eigenvalue weighted by molar-refractivity contribution is -0.134. The predicted octanol–water partition coefficient (Wildman–Crippen LogP) is 1.27. The van der Waals surface area contributed by atoms with Crippen LogP contribution in [0.5, 0.6) is 0 Å². The molecule has 0 spiro atoms. The van der Waals surface area contributed by atoms with Crippen molar-refractivity contribution in [2.45, 2.75) is 31.5 Å². The number of aromatic nitrogens is 2. The smallest absolute Gasteiger partial charge is 0.225 e. The van der Waals surface area contributed by atoms with Crippen LogP contribution >= 0.6 is 11.6 Å². The molecular weight excluding hydrogens is 304 g/mol. The van der Waals surface area contributed by atoms with E-state index >= 15 is 0 Å². The molecule has 0 saturated heterocycles. The Kier molecular flexibility index (Phi) is 4.08. The van der Waals surface area contributed by atoms with Crippen LogP contribution in [0, 0.1) is 5.92 Å². The molecule has 118 valence electrons. The van der Waals surface area contributed by atoms with Gasteiger partial charge < -0.3 is 20.7 Å². The second kappa shape index (κ2) is 5.87. The van der Waals surface area contributed by atoms with E-state index in [1.807, 2.05) is 12.1 Å². The van der Waals surface area contributed by atoms with Crippen molar-refractivity contribution in [2.24, 2.45) is 11.7 Å². The predicted molar refractivity (Wildman–Crippen MR) is 84.3 cm³/mol. The number of benzene rings is 1. The monoisotopic (exact) mass is 322 g/mol. The number of nitrogens with zero attached hydrogens (tertiary/aromatic N) is 2. The first-order chi connectivity index (χ1) is 10.4. The normalized spacial score (nSPS) is 24.8. The summed E-state index contributed by atoms with van der Waals surface area (Å²) >= 11 is 5.95. The molecule has 0 unspecified atom stereocenters. The Balaban J connectivity index is 1.70. The van der Waals surface area contributed by atoms with Gasteiger partial charge in [0.25, 0.3) is 0 Å². The van der Waals surface area contributed by atoms with Crippen LogP contribution in [0.3, 0.4) is 0 Å². The number of halogens is 1. The maximum Gasteiger partial charge on any atom is 0.225 e. The van der Waals surface area contributed by atoms with E-state index in [1.165, 1.54) is 0 Å². The first-order valence-electron chi connectivity index (χ1n) is 7.27. The summed E-state index contributed by atoms with van der Waals surface area (Å²) in [5, 5.41) is 10.3. The Labute approximate surface area is 133 Å². The van der Waals surface area contributed by atoms with Crippen molar-refractivity contribution in [3.05, 3.63) is 29.0 Å². The van der Waals surface area contributed by atoms with Gasteiger partial charge in [0.2, 0.25) is 5.91 Å². The summed E-state index contributed by atoms with van der Waals surface area (Å²) < 4.78 is 0. The molecule has 3 rings (SSSR count). The van der Waals surface area contributed by atoms with E-state index in [0.717, 1.165) is 11.0 Å². The minimum atomic E-state index is -0.587. The average Bonchev–Trinajstić information content (AvgIpc) is 3.01. The molecule has 2 aromatic rings. The molecule has 1 aromatic heterocycles. The highest BCUT2D eigenvalue weighted by molar-refractivity contribution is 6.31. The van der Waals surface area contributed by atoms with E-state index in [2.05, 4.69) is 9.97 Å². The summed E-state index contributed by atoms with van der Waals surface area (Å²) in [6.45, 7) is 0.382. The number of aromatic amines is 1. The maximum absolute atomic E-state index is 12.4. The van der Waals surface area contributed by atoms with Crippen molar-refractivity contribution in [3.8, 4) is 0 Å². The zero-order chi connectivity index (χ0) is 15.9. The molecule has 1 amide bonds. The molecule has 1 aliphatic carbocycles. The van der Waals surface area contributed by atoms with Gasteiger partial charge in [-0.1, -0.05) is 11.6 Å². The maximum atomic E-state index is 12.4. The number of H-pyrrole nitrogens is 1. The van der Waals surface area contributed by atoms with Gasteiger partial charge in [0, 0.05) is 24.0 Å². The molecule has 4 N–H and O–H groups in total. The van der Waals surface area contributed by atoms with Crippen molar-refractivity contribution in [1.29, 1.82) is 0 Å². The van der Waals surface area contributed by atoms with Gasteiger partial charge in [-0.15, -0.1) is 0 Å². The first-order valence-corrected chi connectivity index (χ1v) is 7.64. The van der Waals surface area contributed by atoms with Crippen LogP contribution in [0.2, 0.25) is 5.02 Å². The highest BCUT2D eigenvalue weighted by Gasteiger charge is 2.36. The van der Waals surface area contributed by atoms with Gasteiger partial charge in [-0.2, -0.15) is 0 Å². The first kappa shape index (κ1) is 15.3. The SMILES string of the molecule is CN(Cc1nc2ccc(Cl)cc2[nH]1)C(=O)[C@H]1C[C@H](N)[C@@H](O)C1. The van der Waals surface area contributed by atoms with E-state index in [0.29, 0.717) is 30.2 Å². The fourth-order valence-corrected chi connectivity index (χ4v) is 3.15. The third-order valence-corrected chi connectivity index (χ3v) is 4.42. The number of rotatable bonds is 3. The molecule has 0 bridgehead atoms. The van der Waals surface area contributed by atoms with Crippen LogP contribution in [-0.2, 0) is 11.3 Å². The summed E-state index contributed by atoms with van der Waals surface area (Å²) in [5.41, 5.74) is 7.44. The molecule has 1 fully saturated rings. The van der Waals surface area contributed by atoms with Crippen molar-refractivity contribution in [2.75, 3.05) is 7.05 Å². The number of amides is 1. The van der Waals surface area contributed by atoms with E-state index in [-0.39, 0.29) is 17.9 Å². The minimum Gasteiger partial charge on any atom is -0.391 e. The van der Waals surface area contributed by atoms with Gasteiger partial charge >= 0.3 is 0 Å². The van der Waals surface area contributed by atoms with Crippen LogP contribution in [0.1, 0.15) is 18.7 Å². The van der Waals surface area contributed by atoms with E-state index in [1.54, 1.807) is 18.0 Å². The fraction of sp³-hybridized carbons (Fsp3) is 0.467. The Bertz CT molecular complexity index is 692. The third-order valence-electron chi connectivity index (χ3n) is 4.18. The lowest BCUT2D eigenvalue weighted by Gasteiger charge is -2.19. The molecule has 6 nitrogen and oxygen atoms in total. The summed E-state index contributed by atoms with van der Waals surface area (Å²) in [7, 11) is 1.73. The Morgan fingerprint density at radius 1 is 1.55 bits per heavy atom. The molecule has 22 heavy (non-hydrogen) atoms. The summed E-state index contributed by atoms with van der Waals surface area (Å²) in [5.74, 6) is 0.482. The molecular formula is C15H19ClN4O2. The minimum absolute atomic E-state index is 0.00881. The topological polar surface area (TPSA) is 95.2 Å². The summed E-state index contributed by atoms with van der Waals surface area (Å²) in [4.78, 5) is 21.6. The van der Waals surface area contributed by atoms with Gasteiger partial charge in [0.1, 0.15) is 5.82 Å². The summed E-state index contributed by atoms with van der Waals surface area (Å²) in [6, 6.07) is 5.12. The summed E-state index contributed by atoms with van der Waals surface area (Å²) in [6.07, 6.45) is 0.371. The standard InChI is InChI=1S/C15H19ClN4O2/c1-20(15(22)8-4-10(17)13(21)5-8)7-14-18-11-3-2-9(16)6-12(11)19-14/h2-3,6,8,10,13,21H,4-5,7,17H2,1H3,(H,18,19)/t8-,10-,13-/m0/s1. The molecule has 7 heteroatoms. The molecule has 0 aliphatic heterocycles. The van der Waals surface area contributed by atoms with Gasteiger partial charge in [0.05, 0.1) is 23.7 Å². The van der Waals surface area contributed by atoms with Crippen molar-refractivity contribution in [1.82, 2.24) is 14.9 Å². The lowest BCUT2D eigenvalue weighted by atomic mass is 10.1. The largest absolute Gasteiger partial charge is 0.391 e. The quantitative estimate of drug-likeness (QED) is 0.793. The number of nitrogens with one attached hydrogen (secondary N) is 1. The number of nitrogens with two attached hydrogens (primary N) is 1. The second-order valence-electron chi connectivity index (χ2n) is 5.94. The van der Waals surface area contributed by atoms with E-state index in [4.69, 9.17) is 17.3 Å². The number of hydrogen-bond acceptors (Lipinski definition) is 4. The molecule has 3 atom stereocenters. The number of aliphatic hydroxyl groups excluding tert-OH is 1. The number of carbonyl (C=O) groups excluding carboxylic acids is 1. The number of fused-ring (bicyclic) bond motifs is 1. The highest BCUT2D eigenvalue weighted by Crippen LogP contribution is 2.26. The van der Waals surface area contributed by atoms with Gasteiger partial charge in [-0.05, 0) is 31.0 Å². The average molecular weight is 323 g/mol. The molecule has 1 aliphatic rings. The molecule has 0 radical (unpaired) electrons. The number of hydrogen-bond donors (Lipinski definition) is 3. The van der Waals surface area contributed by atoms with Crippen molar-refractivity contribution >= 4 is 28.5 Å². The molecule has 1 heterocycles. The second-order valence-corrected chi connectivity index (χ2v) is 6.38. The zero-order valence-corrected chi connectivity index (χ0v) is 13.0. The number of imidazole rings is 1. The van der Waals surface area contributed by atoms with Crippen LogP contribution in [0.25, 0.3) is 11.0 Å². The van der Waals surface area contributed by atoms with Gasteiger partial charge in [-0.25, -0.2) is 4.98 Å². The van der Waals surface area contributed by atoms with Crippen LogP contribution < -0.4 is 5.73 Å². The highest BCUT2D eigenvalue weighted by atomic mass is 35.5. The van der Waals surface area contributed by atoms with E-state index < -0.39 is 6.10 Å². The Morgan fingerprint density at radius 2 is 2.32 bits per heavy atom. The van der Waals surface area contributed by atoms with E-state index in [9.17, 15) is 9.90 Å². The van der Waals surface area contributed by atoms with Crippen molar-refractivity contribution in [3.63, 3.8) is 0 Å². The van der Waals surface area contributed by atoms with Crippen LogP contribution in [-0.4, -0.2) is 45.1 Å². The number of carbonyl (C=O) groups is 1. The van der Waals surface area contributed by atoms with Crippen molar-refractivity contribution < 1.29 is 9.90 Å². The Hall–Kier alpha value is -1.63. The fourth-order valence-electron chi connectivity index (χ4n) is 2.97. The van der Waals surface area contributed by atoms with Crippen LogP contribution in [0.4, 0.5) is 0 Å². The zero-order valence-electron chi connectivity index (χ0n) is 12.3. The Morgan fingerprint density at radius 3 is 3.00 bits per heavy atom. The third kappa shape index (κ3) is 2.95. The molecule has 1 saturated carbocycles.